The van der Waals surface area contributed by atoms with E-state index >= 15 is 0 Å². The van der Waals surface area contributed by atoms with Crippen LogP contribution in [0.25, 0.3) is 5.76 Å². The first-order valence-corrected chi connectivity index (χ1v) is 7.43. The third-order valence-electron chi connectivity index (χ3n) is 3.55. The molecule has 0 amide bonds. The second-order valence-electron chi connectivity index (χ2n) is 5.39. The number of aliphatic hydroxyl groups excluding tert-OH is 1. The Balaban J connectivity index is 1.96. The van der Waals surface area contributed by atoms with Gasteiger partial charge in [0, 0.05) is 18.8 Å². The Bertz CT molecular complexity index is 992. The largest absolute Gasteiger partial charge is 0.504 e. The Hall–Kier alpha value is -3.75. The molecule has 9 heteroatoms. The molecule has 0 aliphatic rings. The molecule has 0 atom stereocenters. The van der Waals surface area contributed by atoms with E-state index in [9.17, 15) is 24.2 Å². The molecule has 3 N–H and O–H groups in total. The third-order valence-corrected chi connectivity index (χ3v) is 3.55. The summed E-state index contributed by atoms with van der Waals surface area (Å²) < 4.78 is 14.7. The van der Waals surface area contributed by atoms with Crippen LogP contribution in [0.4, 0.5) is 4.39 Å². The summed E-state index contributed by atoms with van der Waals surface area (Å²) in [7, 11) is 0. The Morgan fingerprint density at radius 3 is 2.73 bits per heavy atom. The Kier molecular flexibility index (Phi) is 4.61. The van der Waals surface area contributed by atoms with Gasteiger partial charge in [-0.15, -0.1) is 0 Å². The average Bonchev–Trinajstić information content (AvgIpc) is 3.24. The van der Waals surface area contributed by atoms with Crippen LogP contribution in [0.1, 0.15) is 32.2 Å². The van der Waals surface area contributed by atoms with Crippen molar-refractivity contribution in [1.29, 1.82) is 0 Å². The van der Waals surface area contributed by atoms with Gasteiger partial charge in [0.2, 0.25) is 11.6 Å². The molecule has 8 nitrogen and oxygen atoms in total. The van der Waals surface area contributed by atoms with Crippen LogP contribution in [0, 0.1) is 5.82 Å². The van der Waals surface area contributed by atoms with Crippen molar-refractivity contribution in [1.82, 2.24) is 19.7 Å². The second kappa shape index (κ2) is 7.01. The van der Waals surface area contributed by atoms with Gasteiger partial charge < -0.3 is 14.8 Å². The van der Waals surface area contributed by atoms with Gasteiger partial charge in [0.25, 0.3) is 0 Å². The number of carboxylic acids is 1. The molecule has 0 aliphatic carbocycles. The van der Waals surface area contributed by atoms with E-state index in [-0.39, 0.29) is 23.6 Å². The standard InChI is InChI=1S/C17H13FN4O4/c18-12-3-1-2-10(4-12)7-22-8-11(17(25)26)5-13(22)14(23)6-15(24)16-19-9-20-21-16/h1-6,8-9,24H,7H2,(H,25,26)(H,19,20,21). The summed E-state index contributed by atoms with van der Waals surface area (Å²) in [4.78, 5) is 27.4. The van der Waals surface area contributed by atoms with Gasteiger partial charge in [-0.25, -0.2) is 14.2 Å². The molecule has 26 heavy (non-hydrogen) atoms. The van der Waals surface area contributed by atoms with Crippen LogP contribution in [-0.2, 0) is 6.54 Å². The number of carbonyl (C=O) groups excluding carboxylic acids is 1. The number of hydrogen-bond donors (Lipinski definition) is 3. The number of H-pyrrole nitrogens is 1. The van der Waals surface area contributed by atoms with Gasteiger partial charge in [0.05, 0.1) is 11.3 Å². The van der Waals surface area contributed by atoms with Crippen molar-refractivity contribution in [2.75, 3.05) is 0 Å². The number of aromatic amines is 1. The predicted molar refractivity (Wildman–Crippen MR) is 88.2 cm³/mol. The minimum absolute atomic E-state index is 0.0220. The van der Waals surface area contributed by atoms with E-state index in [4.69, 9.17) is 0 Å². The van der Waals surface area contributed by atoms with E-state index in [1.807, 2.05) is 0 Å². The Labute approximate surface area is 146 Å². The summed E-state index contributed by atoms with van der Waals surface area (Å²) >= 11 is 0. The quantitative estimate of drug-likeness (QED) is 0.354. The highest BCUT2D eigenvalue weighted by Gasteiger charge is 2.17. The average molecular weight is 356 g/mol. The second-order valence-corrected chi connectivity index (χ2v) is 5.39. The highest BCUT2D eigenvalue weighted by molar-refractivity contribution is 6.07. The van der Waals surface area contributed by atoms with Gasteiger partial charge in [-0.2, -0.15) is 5.10 Å². The first kappa shape index (κ1) is 17.1. The molecule has 0 saturated heterocycles. The molecule has 0 spiro atoms. The van der Waals surface area contributed by atoms with Crippen molar-refractivity contribution in [2.45, 2.75) is 6.54 Å². The highest BCUT2D eigenvalue weighted by Crippen LogP contribution is 2.16. The van der Waals surface area contributed by atoms with Gasteiger partial charge in [-0.05, 0) is 23.8 Å². The molecule has 0 saturated carbocycles. The summed E-state index contributed by atoms with van der Waals surface area (Å²) in [6.45, 7) is 0.0847. The number of allylic oxidation sites excluding steroid dienone is 1. The SMILES string of the molecule is O=C(O)c1cc(C(=O)C=C(O)c2nc[nH]n2)n(Cc2cccc(F)c2)c1. The van der Waals surface area contributed by atoms with Crippen LogP contribution in [-0.4, -0.2) is 41.7 Å². The van der Waals surface area contributed by atoms with E-state index < -0.39 is 23.3 Å². The number of benzene rings is 1. The number of nitrogens with zero attached hydrogens (tertiary/aromatic N) is 3. The maximum absolute atomic E-state index is 13.4. The number of aliphatic hydroxyl groups is 1. The summed E-state index contributed by atoms with van der Waals surface area (Å²) in [5, 5.41) is 25.1. The number of ketones is 1. The fourth-order valence-corrected chi connectivity index (χ4v) is 2.39. The van der Waals surface area contributed by atoms with Gasteiger partial charge in [-0.3, -0.25) is 9.89 Å². The number of hydrogen-bond acceptors (Lipinski definition) is 5. The molecule has 0 aliphatic heterocycles. The van der Waals surface area contributed by atoms with Crippen LogP contribution in [0.2, 0.25) is 0 Å². The van der Waals surface area contributed by atoms with E-state index in [2.05, 4.69) is 15.2 Å². The molecule has 0 radical (unpaired) electrons. The fraction of sp³-hybridized carbons (Fsp3) is 0.0588. The van der Waals surface area contributed by atoms with E-state index in [1.54, 1.807) is 6.07 Å². The maximum Gasteiger partial charge on any atom is 0.337 e. The van der Waals surface area contributed by atoms with Gasteiger partial charge in [0.15, 0.2) is 5.76 Å². The molecule has 132 valence electrons. The lowest BCUT2D eigenvalue weighted by molar-refractivity contribution is 0.0696. The normalized spacial score (nSPS) is 11.5. The van der Waals surface area contributed by atoms with Crippen LogP contribution in [0.3, 0.4) is 0 Å². The molecule has 1 aromatic carbocycles. The Morgan fingerprint density at radius 1 is 1.27 bits per heavy atom. The monoisotopic (exact) mass is 356 g/mol. The van der Waals surface area contributed by atoms with Gasteiger partial charge in [-0.1, -0.05) is 12.1 Å². The van der Waals surface area contributed by atoms with E-state index in [1.165, 1.54) is 41.4 Å². The van der Waals surface area contributed by atoms with Crippen LogP contribution in [0.15, 0.2) is 48.9 Å². The van der Waals surface area contributed by atoms with Crippen molar-refractivity contribution < 1.29 is 24.2 Å². The molecular weight excluding hydrogens is 343 g/mol. The zero-order chi connectivity index (χ0) is 18.7. The van der Waals surface area contributed by atoms with Crippen molar-refractivity contribution in [2.24, 2.45) is 0 Å². The molecule has 2 aromatic heterocycles. The van der Waals surface area contributed by atoms with Crippen LogP contribution >= 0.6 is 0 Å². The number of carboxylic acid groups (broad SMARTS) is 1. The zero-order valence-corrected chi connectivity index (χ0v) is 13.3. The summed E-state index contributed by atoms with van der Waals surface area (Å²) in [6, 6.07) is 6.92. The van der Waals surface area contributed by atoms with E-state index in [0.717, 1.165) is 6.08 Å². The topological polar surface area (TPSA) is 121 Å². The number of halogens is 1. The predicted octanol–water partition coefficient (Wildman–Crippen LogP) is 2.27. The molecule has 3 rings (SSSR count). The number of nitrogens with one attached hydrogen (secondary N) is 1. The first-order valence-electron chi connectivity index (χ1n) is 7.43. The minimum Gasteiger partial charge on any atom is -0.504 e. The minimum atomic E-state index is -1.21. The van der Waals surface area contributed by atoms with Crippen LogP contribution in [0.5, 0.6) is 0 Å². The van der Waals surface area contributed by atoms with Crippen molar-refractivity contribution in [3.8, 4) is 0 Å². The number of carbonyl (C=O) groups is 2. The fourth-order valence-electron chi connectivity index (χ4n) is 2.39. The summed E-state index contributed by atoms with van der Waals surface area (Å²) in [6.07, 6.45) is 3.41. The maximum atomic E-state index is 13.4. The van der Waals surface area contributed by atoms with Gasteiger partial charge in [0.1, 0.15) is 12.1 Å². The smallest absolute Gasteiger partial charge is 0.337 e. The molecule has 0 bridgehead atoms. The van der Waals surface area contributed by atoms with Crippen molar-refractivity contribution in [3.05, 3.63) is 77.4 Å². The molecule has 0 fully saturated rings. The molecule has 3 aromatic rings. The highest BCUT2D eigenvalue weighted by atomic mass is 19.1. The lowest BCUT2D eigenvalue weighted by atomic mass is 10.2. The van der Waals surface area contributed by atoms with Gasteiger partial charge >= 0.3 is 5.97 Å². The van der Waals surface area contributed by atoms with Crippen molar-refractivity contribution in [3.63, 3.8) is 0 Å². The lowest BCUT2D eigenvalue weighted by Gasteiger charge is -2.07. The lowest BCUT2D eigenvalue weighted by Crippen LogP contribution is -2.08. The van der Waals surface area contributed by atoms with Crippen molar-refractivity contribution >= 4 is 17.5 Å². The molecular formula is C17H13FN4O4. The zero-order valence-electron chi connectivity index (χ0n) is 13.3. The van der Waals surface area contributed by atoms with Crippen LogP contribution < -0.4 is 0 Å². The van der Waals surface area contributed by atoms with E-state index in [0.29, 0.717) is 5.56 Å². The molecule has 2 heterocycles. The number of aromatic carboxylic acids is 1. The molecule has 0 unspecified atom stereocenters. The summed E-state index contributed by atoms with van der Waals surface area (Å²) in [5.41, 5.74) is 0.470. The third kappa shape index (κ3) is 3.66. The number of rotatable bonds is 6. The first-order chi connectivity index (χ1) is 12.4. The number of aromatic nitrogens is 4. The summed E-state index contributed by atoms with van der Waals surface area (Å²) in [5.74, 6) is -2.83. The Morgan fingerprint density at radius 2 is 2.08 bits per heavy atom.